The number of esters is 1. The summed E-state index contributed by atoms with van der Waals surface area (Å²) in [7, 11) is -3.12. The lowest BCUT2D eigenvalue weighted by molar-refractivity contribution is -0.139. The highest BCUT2D eigenvalue weighted by molar-refractivity contribution is 7.91. The molecule has 0 N–H and O–H groups in total. The Hall–Kier alpha value is -2.48. The first-order valence-corrected chi connectivity index (χ1v) is 12.2. The summed E-state index contributed by atoms with van der Waals surface area (Å²) in [6, 6.07) is 8.66. The van der Waals surface area contributed by atoms with Crippen molar-refractivity contribution in [2.75, 3.05) is 18.1 Å². The van der Waals surface area contributed by atoms with E-state index in [0.717, 1.165) is 25.7 Å². The van der Waals surface area contributed by atoms with E-state index < -0.39 is 15.8 Å². The standard InChI is InChI=1S/C22H26N2O5S/c1-15-12-19(18-8-4-5-9-20(18)23-15)22(26)29-13-21(25)24(16-6-2-3-7-16)17-10-11-30(27,28)14-17/h4-5,8-9,12,16-17H,2-3,6-7,10-11,13-14H2,1H3. The van der Waals surface area contributed by atoms with Gasteiger partial charge in [-0.05, 0) is 38.3 Å². The molecule has 1 aliphatic carbocycles. The summed E-state index contributed by atoms with van der Waals surface area (Å²) >= 11 is 0. The molecule has 7 nitrogen and oxygen atoms in total. The third kappa shape index (κ3) is 4.33. The quantitative estimate of drug-likeness (QED) is 0.677. The summed E-state index contributed by atoms with van der Waals surface area (Å²) in [4.78, 5) is 31.9. The number of aromatic nitrogens is 1. The molecule has 0 radical (unpaired) electrons. The van der Waals surface area contributed by atoms with Gasteiger partial charge in [-0.25, -0.2) is 13.2 Å². The Morgan fingerprint density at radius 2 is 1.87 bits per heavy atom. The molecule has 2 aliphatic rings. The Kier molecular flexibility index (Phi) is 5.77. The van der Waals surface area contributed by atoms with E-state index in [1.807, 2.05) is 18.2 Å². The zero-order chi connectivity index (χ0) is 21.3. The maximum atomic E-state index is 13.0. The van der Waals surface area contributed by atoms with Crippen LogP contribution in [0.4, 0.5) is 0 Å². The second kappa shape index (κ2) is 8.34. The second-order valence-electron chi connectivity index (χ2n) is 8.20. The molecule has 8 heteroatoms. The molecule has 1 saturated heterocycles. The third-order valence-electron chi connectivity index (χ3n) is 6.00. The van der Waals surface area contributed by atoms with Gasteiger partial charge in [-0.15, -0.1) is 0 Å². The van der Waals surface area contributed by atoms with Gasteiger partial charge in [0.1, 0.15) is 0 Å². The average molecular weight is 431 g/mol. The van der Waals surface area contributed by atoms with Gasteiger partial charge in [0.2, 0.25) is 0 Å². The van der Waals surface area contributed by atoms with Gasteiger partial charge in [-0.1, -0.05) is 31.0 Å². The van der Waals surface area contributed by atoms with Gasteiger partial charge in [0.25, 0.3) is 5.91 Å². The number of rotatable bonds is 5. The number of nitrogens with zero attached hydrogens (tertiary/aromatic N) is 2. The van der Waals surface area contributed by atoms with Crippen molar-refractivity contribution in [2.45, 2.75) is 51.1 Å². The van der Waals surface area contributed by atoms with Crippen LogP contribution in [0.25, 0.3) is 10.9 Å². The molecule has 1 atom stereocenters. The highest BCUT2D eigenvalue weighted by Crippen LogP contribution is 2.29. The number of para-hydroxylation sites is 1. The Morgan fingerprint density at radius 1 is 1.13 bits per heavy atom. The molecule has 1 aliphatic heterocycles. The first kappa shape index (κ1) is 20.8. The van der Waals surface area contributed by atoms with Gasteiger partial charge in [-0.2, -0.15) is 0 Å². The maximum Gasteiger partial charge on any atom is 0.339 e. The van der Waals surface area contributed by atoms with Crippen LogP contribution in [0.15, 0.2) is 30.3 Å². The number of fused-ring (bicyclic) bond motifs is 1. The minimum Gasteiger partial charge on any atom is -0.452 e. The van der Waals surface area contributed by atoms with Crippen LogP contribution in [0.1, 0.15) is 48.2 Å². The summed E-state index contributed by atoms with van der Waals surface area (Å²) in [5, 5.41) is 0.676. The van der Waals surface area contributed by atoms with E-state index in [4.69, 9.17) is 4.74 Å². The number of benzene rings is 1. The van der Waals surface area contributed by atoms with E-state index in [1.54, 1.807) is 24.0 Å². The van der Waals surface area contributed by atoms with Crippen LogP contribution in [-0.4, -0.2) is 60.4 Å². The zero-order valence-electron chi connectivity index (χ0n) is 17.0. The molecule has 1 aromatic heterocycles. The maximum absolute atomic E-state index is 13.0. The Morgan fingerprint density at radius 3 is 2.57 bits per heavy atom. The van der Waals surface area contributed by atoms with Crippen LogP contribution < -0.4 is 0 Å². The number of hydrogen-bond donors (Lipinski definition) is 0. The topological polar surface area (TPSA) is 93.6 Å². The summed E-state index contributed by atoms with van der Waals surface area (Å²) in [6.45, 7) is 1.41. The smallest absolute Gasteiger partial charge is 0.339 e. The number of amides is 1. The van der Waals surface area contributed by atoms with Crippen LogP contribution in [0.2, 0.25) is 0 Å². The summed E-state index contributed by atoms with van der Waals surface area (Å²) in [5.41, 5.74) is 1.76. The Bertz CT molecular complexity index is 1080. The largest absolute Gasteiger partial charge is 0.452 e. The number of aryl methyl sites for hydroxylation is 1. The zero-order valence-corrected chi connectivity index (χ0v) is 17.9. The molecule has 4 rings (SSSR count). The minimum atomic E-state index is -3.12. The van der Waals surface area contributed by atoms with Crippen molar-refractivity contribution in [3.8, 4) is 0 Å². The van der Waals surface area contributed by atoms with Crippen molar-refractivity contribution >= 4 is 32.6 Å². The van der Waals surface area contributed by atoms with Gasteiger partial charge in [0, 0.05) is 23.2 Å². The van der Waals surface area contributed by atoms with E-state index in [9.17, 15) is 18.0 Å². The number of pyridine rings is 1. The number of carbonyl (C=O) groups is 2. The molecule has 160 valence electrons. The van der Waals surface area contributed by atoms with Crippen molar-refractivity contribution in [3.63, 3.8) is 0 Å². The predicted molar refractivity (Wildman–Crippen MR) is 113 cm³/mol. The van der Waals surface area contributed by atoms with Gasteiger partial charge in [0.05, 0.1) is 22.6 Å². The number of sulfone groups is 1. The number of ether oxygens (including phenoxy) is 1. The molecular weight excluding hydrogens is 404 g/mol. The molecule has 0 spiro atoms. The summed E-state index contributed by atoms with van der Waals surface area (Å²) in [6.07, 6.45) is 4.23. The SMILES string of the molecule is Cc1cc(C(=O)OCC(=O)N(C2CCCC2)C2CCS(=O)(=O)C2)c2ccccc2n1. The van der Waals surface area contributed by atoms with E-state index in [1.165, 1.54) is 0 Å². The Balaban J connectivity index is 1.50. The molecule has 1 unspecified atom stereocenters. The lowest BCUT2D eigenvalue weighted by atomic mass is 10.1. The van der Waals surface area contributed by atoms with Gasteiger partial charge in [-0.3, -0.25) is 9.78 Å². The van der Waals surface area contributed by atoms with E-state index >= 15 is 0 Å². The third-order valence-corrected chi connectivity index (χ3v) is 7.75. The van der Waals surface area contributed by atoms with E-state index in [0.29, 0.717) is 28.6 Å². The first-order chi connectivity index (χ1) is 14.3. The lowest BCUT2D eigenvalue weighted by Crippen LogP contribution is -2.48. The van der Waals surface area contributed by atoms with Crippen molar-refractivity contribution in [2.24, 2.45) is 0 Å². The van der Waals surface area contributed by atoms with Gasteiger partial charge < -0.3 is 9.64 Å². The van der Waals surface area contributed by atoms with Crippen molar-refractivity contribution in [1.29, 1.82) is 0 Å². The highest BCUT2D eigenvalue weighted by atomic mass is 32.2. The summed E-state index contributed by atoms with van der Waals surface area (Å²) < 4.78 is 29.3. The number of carbonyl (C=O) groups excluding carboxylic acids is 2. The van der Waals surface area contributed by atoms with Crippen LogP contribution >= 0.6 is 0 Å². The highest BCUT2D eigenvalue weighted by Gasteiger charge is 2.39. The second-order valence-corrected chi connectivity index (χ2v) is 10.4. The van der Waals surface area contributed by atoms with Gasteiger partial charge >= 0.3 is 5.97 Å². The van der Waals surface area contributed by atoms with Gasteiger partial charge in [0.15, 0.2) is 16.4 Å². The van der Waals surface area contributed by atoms with Crippen molar-refractivity contribution < 1.29 is 22.7 Å². The number of hydrogen-bond acceptors (Lipinski definition) is 6. The van der Waals surface area contributed by atoms with E-state index in [2.05, 4.69) is 4.98 Å². The minimum absolute atomic E-state index is 0.00261. The fourth-order valence-corrected chi connectivity index (χ4v) is 6.35. The molecule has 1 amide bonds. The van der Waals surface area contributed by atoms with Crippen LogP contribution in [0.3, 0.4) is 0 Å². The van der Waals surface area contributed by atoms with Crippen molar-refractivity contribution in [1.82, 2.24) is 9.88 Å². The molecule has 1 aromatic carbocycles. The molecular formula is C22H26N2O5S. The fourth-order valence-electron chi connectivity index (χ4n) is 4.64. The first-order valence-electron chi connectivity index (χ1n) is 10.4. The average Bonchev–Trinajstić information content (AvgIpc) is 3.35. The Labute approximate surface area is 176 Å². The van der Waals surface area contributed by atoms with E-state index in [-0.39, 0.29) is 36.1 Å². The molecule has 2 aromatic rings. The van der Waals surface area contributed by atoms with Crippen molar-refractivity contribution in [3.05, 3.63) is 41.6 Å². The van der Waals surface area contributed by atoms with Crippen LogP contribution in [0.5, 0.6) is 0 Å². The van der Waals surface area contributed by atoms with Crippen LogP contribution in [0, 0.1) is 6.92 Å². The fraction of sp³-hybridized carbons (Fsp3) is 0.500. The molecule has 0 bridgehead atoms. The lowest BCUT2D eigenvalue weighted by Gasteiger charge is -2.33. The molecule has 2 fully saturated rings. The molecule has 2 heterocycles. The van der Waals surface area contributed by atoms with Crippen LogP contribution in [-0.2, 0) is 19.4 Å². The predicted octanol–water partition coefficient (Wildman–Crippen LogP) is 2.66. The normalized spacial score (nSPS) is 21.0. The monoisotopic (exact) mass is 430 g/mol. The summed E-state index contributed by atoms with van der Waals surface area (Å²) in [5.74, 6) is -0.781. The molecule has 1 saturated carbocycles. The molecule has 30 heavy (non-hydrogen) atoms.